The van der Waals surface area contributed by atoms with Crippen molar-refractivity contribution in [3.05, 3.63) is 34.6 Å². The molecule has 94 valence electrons. The molecule has 1 saturated heterocycles. The zero-order valence-corrected chi connectivity index (χ0v) is 10.3. The van der Waals surface area contributed by atoms with Gasteiger partial charge in [-0.15, -0.1) is 0 Å². The minimum atomic E-state index is -0.378. The number of hydrogen-bond acceptors (Lipinski definition) is 3. The summed E-state index contributed by atoms with van der Waals surface area (Å²) in [5.74, 6) is -0.378. The lowest BCUT2D eigenvalue weighted by atomic mass is 10.2. The predicted molar refractivity (Wildman–Crippen MR) is 65.5 cm³/mol. The second-order valence-corrected chi connectivity index (χ2v) is 4.62. The minimum absolute atomic E-state index is 0.0969. The molecule has 2 rings (SSSR count). The third-order valence-corrected chi connectivity index (χ3v) is 3.17. The Bertz CT molecular complexity index is 389. The fourth-order valence-electron chi connectivity index (χ4n) is 1.96. The molecule has 0 radical (unpaired) electrons. The highest BCUT2D eigenvalue weighted by Crippen LogP contribution is 2.18. The third-order valence-electron chi connectivity index (χ3n) is 2.88. The van der Waals surface area contributed by atoms with E-state index < -0.39 is 0 Å². The van der Waals surface area contributed by atoms with Crippen molar-refractivity contribution in [2.24, 2.45) is 5.73 Å². The van der Waals surface area contributed by atoms with Crippen LogP contribution < -0.4 is 5.73 Å². The number of hydrogen-bond donors (Lipinski definition) is 1. The van der Waals surface area contributed by atoms with Gasteiger partial charge in [0.05, 0.1) is 17.7 Å². The molecular formula is C12H16ClFN2O. The summed E-state index contributed by atoms with van der Waals surface area (Å²) in [5.41, 5.74) is 6.59. The van der Waals surface area contributed by atoms with Crippen LogP contribution in [0.25, 0.3) is 0 Å². The van der Waals surface area contributed by atoms with Crippen LogP contribution in [0, 0.1) is 5.82 Å². The van der Waals surface area contributed by atoms with Gasteiger partial charge < -0.3 is 10.5 Å². The van der Waals surface area contributed by atoms with Gasteiger partial charge in [-0.25, -0.2) is 4.39 Å². The van der Waals surface area contributed by atoms with Crippen molar-refractivity contribution in [1.82, 2.24) is 4.90 Å². The Labute approximate surface area is 105 Å². The molecule has 1 heterocycles. The van der Waals surface area contributed by atoms with Gasteiger partial charge in [-0.1, -0.05) is 17.7 Å². The van der Waals surface area contributed by atoms with Gasteiger partial charge in [-0.05, 0) is 17.7 Å². The Morgan fingerprint density at radius 3 is 3.06 bits per heavy atom. The van der Waals surface area contributed by atoms with Crippen LogP contribution in [0.1, 0.15) is 5.56 Å². The number of ether oxygens (including phenoxy) is 1. The van der Waals surface area contributed by atoms with Crippen LogP contribution in [0.15, 0.2) is 18.2 Å². The summed E-state index contributed by atoms with van der Waals surface area (Å²) in [5, 5.41) is 0.172. The monoisotopic (exact) mass is 258 g/mol. The Kier molecular flexibility index (Phi) is 4.34. The fraction of sp³-hybridized carbons (Fsp3) is 0.500. The standard InChI is InChI=1S/C12H16ClFN2O/c13-11-5-9(1-2-12(11)14)7-16-3-4-17-10(6-15)8-16/h1-2,5,10H,3-4,6-8,15H2/t10-/m0/s1. The van der Waals surface area contributed by atoms with Crippen molar-refractivity contribution >= 4 is 11.6 Å². The summed E-state index contributed by atoms with van der Waals surface area (Å²) in [6.45, 7) is 3.65. The van der Waals surface area contributed by atoms with E-state index in [0.717, 1.165) is 25.2 Å². The van der Waals surface area contributed by atoms with Crippen LogP contribution in [-0.4, -0.2) is 37.2 Å². The zero-order chi connectivity index (χ0) is 12.3. The van der Waals surface area contributed by atoms with Gasteiger partial charge in [0.25, 0.3) is 0 Å². The summed E-state index contributed by atoms with van der Waals surface area (Å²) in [7, 11) is 0. The second-order valence-electron chi connectivity index (χ2n) is 4.21. The van der Waals surface area contributed by atoms with Crippen LogP contribution in [-0.2, 0) is 11.3 Å². The predicted octanol–water partition coefficient (Wildman–Crippen LogP) is 1.64. The van der Waals surface area contributed by atoms with E-state index in [-0.39, 0.29) is 16.9 Å². The van der Waals surface area contributed by atoms with E-state index in [9.17, 15) is 4.39 Å². The fourth-order valence-corrected chi connectivity index (χ4v) is 2.17. The molecule has 1 aliphatic rings. The molecule has 0 spiro atoms. The molecule has 1 aliphatic heterocycles. The topological polar surface area (TPSA) is 38.5 Å². The van der Waals surface area contributed by atoms with Gasteiger partial charge in [0.2, 0.25) is 0 Å². The molecule has 0 aliphatic carbocycles. The normalized spacial score (nSPS) is 21.7. The van der Waals surface area contributed by atoms with E-state index in [1.807, 2.05) is 0 Å². The summed E-state index contributed by atoms with van der Waals surface area (Å²) < 4.78 is 18.5. The number of nitrogens with zero attached hydrogens (tertiary/aromatic N) is 1. The molecule has 0 amide bonds. The molecule has 0 unspecified atom stereocenters. The van der Waals surface area contributed by atoms with Gasteiger partial charge in [-0.2, -0.15) is 0 Å². The van der Waals surface area contributed by atoms with Crippen LogP contribution >= 0.6 is 11.6 Å². The smallest absolute Gasteiger partial charge is 0.141 e. The molecule has 3 nitrogen and oxygen atoms in total. The van der Waals surface area contributed by atoms with Crippen LogP contribution in [0.5, 0.6) is 0 Å². The maximum atomic E-state index is 13.0. The molecule has 0 saturated carbocycles. The highest BCUT2D eigenvalue weighted by Gasteiger charge is 2.19. The summed E-state index contributed by atoms with van der Waals surface area (Å²) in [4.78, 5) is 2.24. The average Bonchev–Trinajstić information content (AvgIpc) is 2.34. The first kappa shape index (κ1) is 12.8. The Morgan fingerprint density at radius 2 is 2.35 bits per heavy atom. The SMILES string of the molecule is NC[C@H]1CN(Cc2ccc(F)c(Cl)c2)CCO1. The van der Waals surface area contributed by atoms with E-state index >= 15 is 0 Å². The summed E-state index contributed by atoms with van der Waals surface area (Å²) >= 11 is 5.75. The van der Waals surface area contributed by atoms with Crippen molar-refractivity contribution in [2.75, 3.05) is 26.2 Å². The number of morpholine rings is 1. The van der Waals surface area contributed by atoms with Crippen LogP contribution in [0.4, 0.5) is 4.39 Å². The van der Waals surface area contributed by atoms with Crippen molar-refractivity contribution in [1.29, 1.82) is 0 Å². The van der Waals surface area contributed by atoms with Crippen molar-refractivity contribution < 1.29 is 9.13 Å². The Balaban J connectivity index is 1.97. The summed E-state index contributed by atoms with van der Waals surface area (Å²) in [6, 6.07) is 4.83. The van der Waals surface area contributed by atoms with Crippen molar-refractivity contribution in [3.63, 3.8) is 0 Å². The molecular weight excluding hydrogens is 243 g/mol. The molecule has 17 heavy (non-hydrogen) atoms. The summed E-state index contributed by atoms with van der Waals surface area (Å²) in [6.07, 6.45) is 0.0969. The second kappa shape index (κ2) is 5.78. The molecule has 1 aromatic rings. The maximum Gasteiger partial charge on any atom is 0.141 e. The molecule has 0 aromatic heterocycles. The van der Waals surface area contributed by atoms with Crippen LogP contribution in [0.2, 0.25) is 5.02 Å². The molecule has 1 aromatic carbocycles. The number of benzene rings is 1. The lowest BCUT2D eigenvalue weighted by Gasteiger charge is -2.32. The first-order valence-electron chi connectivity index (χ1n) is 5.67. The highest BCUT2D eigenvalue weighted by atomic mass is 35.5. The molecule has 1 fully saturated rings. The van der Waals surface area contributed by atoms with Gasteiger partial charge >= 0.3 is 0 Å². The third kappa shape index (κ3) is 3.39. The Morgan fingerprint density at radius 1 is 1.53 bits per heavy atom. The van der Waals surface area contributed by atoms with Gasteiger partial charge in [0, 0.05) is 26.2 Å². The Hall–Kier alpha value is -0.680. The first-order valence-corrected chi connectivity index (χ1v) is 6.05. The van der Waals surface area contributed by atoms with E-state index in [1.54, 1.807) is 12.1 Å². The molecule has 1 atom stereocenters. The minimum Gasteiger partial charge on any atom is -0.374 e. The quantitative estimate of drug-likeness (QED) is 0.896. The number of rotatable bonds is 3. The number of halogens is 2. The van der Waals surface area contributed by atoms with Crippen LogP contribution in [0.3, 0.4) is 0 Å². The van der Waals surface area contributed by atoms with E-state index in [4.69, 9.17) is 22.1 Å². The zero-order valence-electron chi connectivity index (χ0n) is 9.53. The van der Waals surface area contributed by atoms with E-state index in [0.29, 0.717) is 13.2 Å². The number of nitrogens with two attached hydrogens (primary N) is 1. The van der Waals surface area contributed by atoms with Gasteiger partial charge in [0.1, 0.15) is 5.82 Å². The molecule has 0 bridgehead atoms. The van der Waals surface area contributed by atoms with Crippen molar-refractivity contribution in [2.45, 2.75) is 12.6 Å². The largest absolute Gasteiger partial charge is 0.374 e. The molecule has 5 heteroatoms. The average molecular weight is 259 g/mol. The lowest BCUT2D eigenvalue weighted by molar-refractivity contribution is -0.0260. The van der Waals surface area contributed by atoms with Gasteiger partial charge in [0.15, 0.2) is 0 Å². The molecule has 2 N–H and O–H groups in total. The van der Waals surface area contributed by atoms with E-state index in [2.05, 4.69) is 4.90 Å². The lowest BCUT2D eigenvalue weighted by Crippen LogP contribution is -2.45. The maximum absolute atomic E-state index is 13.0. The van der Waals surface area contributed by atoms with E-state index in [1.165, 1.54) is 6.07 Å². The first-order chi connectivity index (χ1) is 8.19. The van der Waals surface area contributed by atoms with Gasteiger partial charge in [-0.3, -0.25) is 4.90 Å². The highest BCUT2D eigenvalue weighted by molar-refractivity contribution is 6.30. The van der Waals surface area contributed by atoms with Crippen molar-refractivity contribution in [3.8, 4) is 0 Å².